The first-order chi connectivity index (χ1) is 8.16. The summed E-state index contributed by atoms with van der Waals surface area (Å²) >= 11 is 5.26. The number of rotatable bonds is 3. The molecule has 0 spiro atoms. The molecule has 2 N–H and O–H groups in total. The van der Waals surface area contributed by atoms with Crippen molar-refractivity contribution in [3.8, 4) is 0 Å². The molecule has 0 unspecified atom stereocenters. The second kappa shape index (κ2) is 5.61. The Bertz CT molecular complexity index is 525. The topological polar surface area (TPSA) is 26.0 Å². The summed E-state index contributed by atoms with van der Waals surface area (Å²) in [7, 11) is 0. The zero-order valence-corrected chi connectivity index (χ0v) is 12.0. The molecule has 0 amide bonds. The molecular formula is C14H14BrNS. The maximum absolute atomic E-state index is 6.05. The number of hydrogen-bond donors (Lipinski definition) is 1. The first-order valence-electron chi connectivity index (χ1n) is 5.39. The number of para-hydroxylation sites is 1. The molecule has 2 aromatic rings. The number of hydrogen-bond acceptors (Lipinski definition) is 2. The van der Waals surface area contributed by atoms with E-state index in [4.69, 9.17) is 5.73 Å². The van der Waals surface area contributed by atoms with Gasteiger partial charge in [-0.15, -0.1) is 11.8 Å². The summed E-state index contributed by atoms with van der Waals surface area (Å²) in [5, 5.41) is 0. The van der Waals surface area contributed by atoms with E-state index >= 15 is 0 Å². The summed E-state index contributed by atoms with van der Waals surface area (Å²) in [6.45, 7) is 2.04. The van der Waals surface area contributed by atoms with Gasteiger partial charge in [-0.1, -0.05) is 40.2 Å². The highest BCUT2D eigenvalue weighted by atomic mass is 79.9. The van der Waals surface area contributed by atoms with Crippen molar-refractivity contribution in [1.29, 1.82) is 0 Å². The van der Waals surface area contributed by atoms with Crippen molar-refractivity contribution in [2.45, 2.75) is 17.6 Å². The van der Waals surface area contributed by atoms with Crippen molar-refractivity contribution < 1.29 is 0 Å². The molecule has 3 heteroatoms. The van der Waals surface area contributed by atoms with Gasteiger partial charge in [-0.05, 0) is 36.2 Å². The Morgan fingerprint density at radius 3 is 2.71 bits per heavy atom. The van der Waals surface area contributed by atoms with Crippen molar-refractivity contribution >= 4 is 33.4 Å². The van der Waals surface area contributed by atoms with Crippen LogP contribution in [-0.4, -0.2) is 0 Å². The van der Waals surface area contributed by atoms with Gasteiger partial charge in [0, 0.05) is 20.8 Å². The molecule has 0 atom stereocenters. The maximum atomic E-state index is 6.05. The van der Waals surface area contributed by atoms with Gasteiger partial charge in [-0.2, -0.15) is 0 Å². The molecule has 0 fully saturated rings. The van der Waals surface area contributed by atoms with Crippen molar-refractivity contribution in [3.63, 3.8) is 0 Å². The molecule has 0 aromatic heterocycles. The minimum atomic E-state index is 0.896. The standard InChI is InChI=1S/C14H14BrNS/c1-10-4-2-7-13(14(10)16)17-9-11-5-3-6-12(15)8-11/h2-8H,9,16H2,1H3. The number of thioether (sulfide) groups is 1. The van der Waals surface area contributed by atoms with Gasteiger partial charge >= 0.3 is 0 Å². The number of halogens is 1. The van der Waals surface area contributed by atoms with Crippen LogP contribution in [0.3, 0.4) is 0 Å². The molecule has 0 aliphatic rings. The summed E-state index contributed by atoms with van der Waals surface area (Å²) in [4.78, 5) is 1.16. The van der Waals surface area contributed by atoms with Crippen LogP contribution in [0.4, 0.5) is 5.69 Å². The fourth-order valence-electron chi connectivity index (χ4n) is 1.57. The molecule has 0 saturated heterocycles. The third-order valence-electron chi connectivity index (χ3n) is 2.57. The van der Waals surface area contributed by atoms with Gasteiger partial charge < -0.3 is 5.73 Å². The van der Waals surface area contributed by atoms with Crippen LogP contribution in [0.1, 0.15) is 11.1 Å². The van der Waals surface area contributed by atoms with E-state index in [2.05, 4.69) is 46.3 Å². The van der Waals surface area contributed by atoms with Crippen molar-refractivity contribution in [2.75, 3.05) is 5.73 Å². The van der Waals surface area contributed by atoms with Crippen LogP contribution < -0.4 is 5.73 Å². The monoisotopic (exact) mass is 307 g/mol. The molecule has 2 aromatic carbocycles. The Balaban J connectivity index is 2.10. The highest BCUT2D eigenvalue weighted by molar-refractivity contribution is 9.10. The van der Waals surface area contributed by atoms with E-state index in [0.29, 0.717) is 0 Å². The van der Waals surface area contributed by atoms with Gasteiger partial charge in [0.25, 0.3) is 0 Å². The Kier molecular flexibility index (Phi) is 4.13. The predicted octanol–water partition coefficient (Wildman–Crippen LogP) is 4.63. The third kappa shape index (κ3) is 3.27. The minimum Gasteiger partial charge on any atom is -0.398 e. The van der Waals surface area contributed by atoms with Gasteiger partial charge in [0.1, 0.15) is 0 Å². The normalized spacial score (nSPS) is 10.5. The van der Waals surface area contributed by atoms with E-state index in [1.54, 1.807) is 11.8 Å². The van der Waals surface area contributed by atoms with Gasteiger partial charge in [-0.3, -0.25) is 0 Å². The summed E-state index contributed by atoms with van der Waals surface area (Å²) in [5.74, 6) is 0.938. The van der Waals surface area contributed by atoms with Gasteiger partial charge in [0.15, 0.2) is 0 Å². The summed E-state index contributed by atoms with van der Waals surface area (Å²) in [6, 6.07) is 14.5. The lowest BCUT2D eigenvalue weighted by Gasteiger charge is -2.08. The van der Waals surface area contributed by atoms with Crippen LogP contribution in [0.5, 0.6) is 0 Å². The highest BCUT2D eigenvalue weighted by Gasteiger charge is 2.02. The van der Waals surface area contributed by atoms with Crippen molar-refractivity contribution in [1.82, 2.24) is 0 Å². The van der Waals surface area contributed by atoms with Crippen molar-refractivity contribution in [2.24, 2.45) is 0 Å². The van der Waals surface area contributed by atoms with E-state index in [9.17, 15) is 0 Å². The fraction of sp³-hybridized carbons (Fsp3) is 0.143. The molecule has 0 heterocycles. The SMILES string of the molecule is Cc1cccc(SCc2cccc(Br)c2)c1N. The molecule has 0 aliphatic heterocycles. The van der Waals surface area contributed by atoms with Crippen LogP contribution >= 0.6 is 27.7 Å². The molecule has 0 aliphatic carbocycles. The second-order valence-corrected chi connectivity index (χ2v) is 5.84. The molecule has 0 radical (unpaired) electrons. The summed E-state index contributed by atoms with van der Waals surface area (Å²) in [5.41, 5.74) is 9.38. The fourth-order valence-corrected chi connectivity index (χ4v) is 3.01. The molecule has 2 rings (SSSR count). The number of nitrogens with two attached hydrogens (primary N) is 1. The zero-order valence-electron chi connectivity index (χ0n) is 9.61. The van der Waals surface area contributed by atoms with Gasteiger partial charge in [0.05, 0.1) is 0 Å². The number of anilines is 1. The maximum Gasteiger partial charge on any atom is 0.0482 e. The zero-order chi connectivity index (χ0) is 12.3. The van der Waals surface area contributed by atoms with Crippen LogP contribution in [0.15, 0.2) is 51.8 Å². The molecule has 88 valence electrons. The Labute approximate surface area is 115 Å². The van der Waals surface area contributed by atoms with Crippen LogP contribution in [-0.2, 0) is 5.75 Å². The highest BCUT2D eigenvalue weighted by Crippen LogP contribution is 2.30. The number of benzene rings is 2. The van der Waals surface area contributed by atoms with E-state index < -0.39 is 0 Å². The van der Waals surface area contributed by atoms with Crippen LogP contribution in [0.2, 0.25) is 0 Å². The number of nitrogen functional groups attached to an aromatic ring is 1. The van der Waals surface area contributed by atoms with E-state index in [1.165, 1.54) is 5.56 Å². The first kappa shape index (κ1) is 12.5. The molecule has 0 bridgehead atoms. The average molecular weight is 308 g/mol. The van der Waals surface area contributed by atoms with E-state index in [-0.39, 0.29) is 0 Å². The van der Waals surface area contributed by atoms with Crippen LogP contribution in [0.25, 0.3) is 0 Å². The first-order valence-corrected chi connectivity index (χ1v) is 7.17. The lowest BCUT2D eigenvalue weighted by Crippen LogP contribution is -1.92. The predicted molar refractivity (Wildman–Crippen MR) is 79.3 cm³/mol. The Morgan fingerprint density at radius 2 is 1.94 bits per heavy atom. The third-order valence-corrected chi connectivity index (χ3v) is 4.21. The minimum absolute atomic E-state index is 0.896. The lowest BCUT2D eigenvalue weighted by molar-refractivity contribution is 1.34. The van der Waals surface area contributed by atoms with E-state index in [0.717, 1.165) is 26.4 Å². The molecular weight excluding hydrogens is 294 g/mol. The molecule has 1 nitrogen and oxygen atoms in total. The quantitative estimate of drug-likeness (QED) is 0.661. The smallest absolute Gasteiger partial charge is 0.0482 e. The average Bonchev–Trinajstić information content (AvgIpc) is 2.31. The van der Waals surface area contributed by atoms with Crippen molar-refractivity contribution in [3.05, 3.63) is 58.1 Å². The van der Waals surface area contributed by atoms with Crippen LogP contribution in [0, 0.1) is 6.92 Å². The number of aryl methyl sites for hydroxylation is 1. The second-order valence-electron chi connectivity index (χ2n) is 3.91. The van der Waals surface area contributed by atoms with Gasteiger partial charge in [0.2, 0.25) is 0 Å². The van der Waals surface area contributed by atoms with Gasteiger partial charge in [-0.25, -0.2) is 0 Å². The Morgan fingerprint density at radius 1 is 1.18 bits per heavy atom. The summed E-state index contributed by atoms with van der Waals surface area (Å²) < 4.78 is 1.12. The largest absolute Gasteiger partial charge is 0.398 e. The molecule has 17 heavy (non-hydrogen) atoms. The Hall–Kier alpha value is -0.930. The van der Waals surface area contributed by atoms with E-state index in [1.807, 2.05) is 19.1 Å². The molecule has 0 saturated carbocycles. The summed E-state index contributed by atoms with van der Waals surface area (Å²) in [6.07, 6.45) is 0. The lowest BCUT2D eigenvalue weighted by atomic mass is 10.2.